The fraction of sp³-hybridized carbons (Fsp3) is 0.562. The minimum absolute atomic E-state index is 0.0828. The molecule has 23 heavy (non-hydrogen) atoms. The highest BCUT2D eigenvalue weighted by molar-refractivity contribution is 7.93. The van der Waals surface area contributed by atoms with E-state index in [1.54, 1.807) is 12.1 Å². The molecule has 0 aromatic heterocycles. The molecule has 2 N–H and O–H groups in total. The number of rotatable bonds is 7. The van der Waals surface area contributed by atoms with Crippen molar-refractivity contribution in [2.75, 3.05) is 19.8 Å². The molecule has 1 aromatic rings. The maximum atomic E-state index is 12.9. The lowest BCUT2D eigenvalue weighted by Crippen LogP contribution is -2.53. The highest BCUT2D eigenvalue weighted by Gasteiger charge is 2.50. The second-order valence-corrected chi connectivity index (χ2v) is 7.91. The summed E-state index contributed by atoms with van der Waals surface area (Å²) in [7, 11) is -3.87. The number of benzene rings is 1. The van der Waals surface area contributed by atoms with Crippen molar-refractivity contribution in [3.05, 3.63) is 24.3 Å². The van der Waals surface area contributed by atoms with Gasteiger partial charge in [-0.2, -0.15) is 0 Å². The molecule has 1 heterocycles. The molecular weight excluding hydrogens is 318 g/mol. The fourth-order valence-electron chi connectivity index (χ4n) is 2.62. The summed E-state index contributed by atoms with van der Waals surface area (Å²) in [6.07, 6.45) is 2.12. The maximum Gasteiger partial charge on any atom is 0.239 e. The quantitative estimate of drug-likeness (QED) is 0.761. The molecule has 1 aliphatic rings. The van der Waals surface area contributed by atoms with Crippen molar-refractivity contribution < 1.29 is 22.7 Å². The van der Waals surface area contributed by atoms with Crippen LogP contribution in [0.2, 0.25) is 0 Å². The molecule has 7 heteroatoms. The first-order valence-corrected chi connectivity index (χ1v) is 9.27. The Morgan fingerprint density at radius 3 is 2.39 bits per heavy atom. The number of primary amides is 1. The van der Waals surface area contributed by atoms with Gasteiger partial charge in [-0.05, 0) is 43.5 Å². The van der Waals surface area contributed by atoms with E-state index in [9.17, 15) is 13.2 Å². The molecule has 0 bridgehead atoms. The molecule has 1 amide bonds. The lowest BCUT2D eigenvalue weighted by Gasteiger charge is -2.33. The Balaban J connectivity index is 2.26. The van der Waals surface area contributed by atoms with Gasteiger partial charge in [0.05, 0.1) is 11.5 Å². The highest BCUT2D eigenvalue weighted by Crippen LogP contribution is 2.35. The van der Waals surface area contributed by atoms with Crippen LogP contribution in [0.5, 0.6) is 5.75 Å². The van der Waals surface area contributed by atoms with Gasteiger partial charge in [0, 0.05) is 13.2 Å². The van der Waals surface area contributed by atoms with E-state index < -0.39 is 20.5 Å². The molecule has 0 spiro atoms. The summed E-state index contributed by atoms with van der Waals surface area (Å²) in [4.78, 5) is 12.0. The van der Waals surface area contributed by atoms with Crippen molar-refractivity contribution in [2.45, 2.75) is 42.2 Å². The van der Waals surface area contributed by atoms with Gasteiger partial charge in [-0.25, -0.2) is 8.42 Å². The molecule has 0 aliphatic carbocycles. The third kappa shape index (κ3) is 3.50. The van der Waals surface area contributed by atoms with Crippen molar-refractivity contribution in [1.29, 1.82) is 0 Å². The monoisotopic (exact) mass is 341 g/mol. The first-order valence-electron chi connectivity index (χ1n) is 7.79. The summed E-state index contributed by atoms with van der Waals surface area (Å²) >= 11 is 0. The standard InChI is InChI=1S/C16H23NO5S/c1-2-3-10-22-13-4-6-14(7-5-13)23(19,20)16(15(17)18)8-11-21-12-9-16/h4-7H,2-3,8-12H2,1H3,(H2,17,18). The Kier molecular flexibility index (Phi) is 5.64. The van der Waals surface area contributed by atoms with Crippen LogP contribution >= 0.6 is 0 Å². The number of hydrogen-bond donors (Lipinski definition) is 1. The van der Waals surface area contributed by atoms with Crippen LogP contribution in [0.4, 0.5) is 0 Å². The van der Waals surface area contributed by atoms with Gasteiger partial charge in [0.25, 0.3) is 0 Å². The number of carbonyl (C=O) groups is 1. The zero-order valence-electron chi connectivity index (χ0n) is 13.3. The van der Waals surface area contributed by atoms with Crippen molar-refractivity contribution in [1.82, 2.24) is 0 Å². The van der Waals surface area contributed by atoms with E-state index in [0.29, 0.717) is 12.4 Å². The van der Waals surface area contributed by atoms with Gasteiger partial charge in [0.1, 0.15) is 5.75 Å². The van der Waals surface area contributed by atoms with E-state index in [1.807, 2.05) is 0 Å². The van der Waals surface area contributed by atoms with Crippen LogP contribution in [0.1, 0.15) is 32.6 Å². The van der Waals surface area contributed by atoms with E-state index in [2.05, 4.69) is 6.92 Å². The van der Waals surface area contributed by atoms with Gasteiger partial charge >= 0.3 is 0 Å². The Morgan fingerprint density at radius 1 is 1.26 bits per heavy atom. The highest BCUT2D eigenvalue weighted by atomic mass is 32.2. The van der Waals surface area contributed by atoms with Gasteiger partial charge in [0.15, 0.2) is 14.6 Å². The molecule has 6 nitrogen and oxygen atoms in total. The van der Waals surface area contributed by atoms with Crippen molar-refractivity contribution in [3.63, 3.8) is 0 Å². The second kappa shape index (κ2) is 7.31. The van der Waals surface area contributed by atoms with Crippen molar-refractivity contribution >= 4 is 15.7 Å². The van der Waals surface area contributed by atoms with Gasteiger partial charge in [-0.3, -0.25) is 4.79 Å². The lowest BCUT2D eigenvalue weighted by molar-refractivity contribution is -0.122. The summed E-state index contributed by atoms with van der Waals surface area (Å²) in [5.74, 6) is -0.207. The molecule has 1 aromatic carbocycles. The van der Waals surface area contributed by atoms with Gasteiger partial charge in [-0.15, -0.1) is 0 Å². The van der Waals surface area contributed by atoms with Crippen LogP contribution in [-0.4, -0.2) is 38.9 Å². The van der Waals surface area contributed by atoms with Crippen LogP contribution in [0.25, 0.3) is 0 Å². The smallest absolute Gasteiger partial charge is 0.239 e. The summed E-state index contributed by atoms with van der Waals surface area (Å²) in [5, 5.41) is 0. The van der Waals surface area contributed by atoms with E-state index in [0.717, 1.165) is 12.8 Å². The summed E-state index contributed by atoms with van der Waals surface area (Å²) in [6, 6.07) is 6.15. The summed E-state index contributed by atoms with van der Waals surface area (Å²) in [6.45, 7) is 3.07. The number of hydrogen-bond acceptors (Lipinski definition) is 5. The van der Waals surface area contributed by atoms with E-state index in [4.69, 9.17) is 15.2 Å². The number of sulfone groups is 1. The fourth-order valence-corrected chi connectivity index (χ4v) is 4.54. The summed E-state index contributed by atoms with van der Waals surface area (Å²) in [5.41, 5.74) is 5.44. The third-order valence-electron chi connectivity index (χ3n) is 4.16. The molecule has 1 fully saturated rings. The number of carbonyl (C=O) groups excluding carboxylic acids is 1. The molecule has 128 valence electrons. The predicted molar refractivity (Wildman–Crippen MR) is 86.0 cm³/mol. The average Bonchev–Trinajstić information content (AvgIpc) is 2.56. The van der Waals surface area contributed by atoms with Crippen molar-refractivity contribution in [3.8, 4) is 5.75 Å². The van der Waals surface area contributed by atoms with Gasteiger partial charge in [-0.1, -0.05) is 13.3 Å². The van der Waals surface area contributed by atoms with Crippen LogP contribution in [0.15, 0.2) is 29.2 Å². The molecule has 1 saturated heterocycles. The molecule has 2 rings (SSSR count). The normalized spacial score (nSPS) is 17.6. The van der Waals surface area contributed by atoms with Crippen molar-refractivity contribution in [2.24, 2.45) is 5.73 Å². The number of nitrogens with two attached hydrogens (primary N) is 1. The number of unbranched alkanes of at least 4 members (excludes halogenated alkanes) is 1. The Hall–Kier alpha value is -1.60. The second-order valence-electron chi connectivity index (χ2n) is 5.65. The number of amides is 1. The van der Waals surface area contributed by atoms with Gasteiger partial charge < -0.3 is 15.2 Å². The number of ether oxygens (including phenoxy) is 2. The molecular formula is C16H23NO5S. The lowest BCUT2D eigenvalue weighted by atomic mass is 9.98. The van der Waals surface area contributed by atoms with E-state index in [1.165, 1.54) is 12.1 Å². The predicted octanol–water partition coefficient (Wildman–Crippen LogP) is 1.67. The third-order valence-corrected chi connectivity index (χ3v) is 6.70. The molecule has 1 aliphatic heterocycles. The topological polar surface area (TPSA) is 95.7 Å². The van der Waals surface area contributed by atoms with E-state index in [-0.39, 0.29) is 31.0 Å². The zero-order valence-corrected chi connectivity index (χ0v) is 14.1. The SMILES string of the molecule is CCCCOc1ccc(S(=O)(=O)C2(C(N)=O)CCOCC2)cc1. The Morgan fingerprint density at radius 2 is 1.87 bits per heavy atom. The van der Waals surface area contributed by atoms with Crippen LogP contribution in [0, 0.1) is 0 Å². The molecule has 0 radical (unpaired) electrons. The maximum absolute atomic E-state index is 12.9. The molecule has 0 atom stereocenters. The Bertz CT molecular complexity index is 633. The van der Waals surface area contributed by atoms with Gasteiger partial charge in [0.2, 0.25) is 5.91 Å². The van der Waals surface area contributed by atoms with Crippen LogP contribution in [-0.2, 0) is 19.4 Å². The minimum Gasteiger partial charge on any atom is -0.494 e. The van der Waals surface area contributed by atoms with Crippen LogP contribution < -0.4 is 10.5 Å². The molecule has 0 unspecified atom stereocenters. The minimum atomic E-state index is -3.87. The first kappa shape index (κ1) is 17.7. The van der Waals surface area contributed by atoms with E-state index >= 15 is 0 Å². The summed E-state index contributed by atoms with van der Waals surface area (Å²) < 4.78 is 35.0. The molecule has 0 saturated carbocycles. The largest absolute Gasteiger partial charge is 0.494 e. The average molecular weight is 341 g/mol. The van der Waals surface area contributed by atoms with Crippen LogP contribution in [0.3, 0.4) is 0 Å². The Labute approximate surface area is 136 Å². The first-order chi connectivity index (χ1) is 10.9. The zero-order chi connectivity index (χ0) is 16.9.